The van der Waals surface area contributed by atoms with E-state index in [0.29, 0.717) is 6.42 Å². The van der Waals surface area contributed by atoms with Crippen LogP contribution in [0.3, 0.4) is 0 Å². The predicted molar refractivity (Wildman–Crippen MR) is 53.7 cm³/mol. The SMILES string of the molecule is CC(C)NC(=O)CCC1=CCC=N1. The zero-order valence-electron chi connectivity index (χ0n) is 8.21. The van der Waals surface area contributed by atoms with Gasteiger partial charge < -0.3 is 5.32 Å². The summed E-state index contributed by atoms with van der Waals surface area (Å²) < 4.78 is 0. The van der Waals surface area contributed by atoms with E-state index >= 15 is 0 Å². The molecule has 0 unspecified atom stereocenters. The lowest BCUT2D eigenvalue weighted by Gasteiger charge is -2.07. The van der Waals surface area contributed by atoms with Crippen molar-refractivity contribution in [1.29, 1.82) is 0 Å². The predicted octanol–water partition coefficient (Wildman–Crippen LogP) is 1.65. The Morgan fingerprint density at radius 1 is 1.69 bits per heavy atom. The second-order valence-electron chi connectivity index (χ2n) is 3.47. The summed E-state index contributed by atoms with van der Waals surface area (Å²) in [6, 6.07) is 0.230. The van der Waals surface area contributed by atoms with Crippen LogP contribution in [0, 0.1) is 0 Å². The summed E-state index contributed by atoms with van der Waals surface area (Å²) in [6.07, 6.45) is 6.15. The van der Waals surface area contributed by atoms with E-state index in [1.165, 1.54) is 0 Å². The zero-order valence-corrected chi connectivity index (χ0v) is 8.21. The molecule has 0 saturated heterocycles. The van der Waals surface area contributed by atoms with Gasteiger partial charge in [-0.05, 0) is 20.3 Å². The van der Waals surface area contributed by atoms with Crippen LogP contribution in [0.2, 0.25) is 0 Å². The highest BCUT2D eigenvalue weighted by Gasteiger charge is 2.05. The molecule has 1 aliphatic rings. The maximum atomic E-state index is 11.2. The number of allylic oxidation sites excluding steroid dienone is 2. The molecule has 72 valence electrons. The molecule has 0 aliphatic carbocycles. The topological polar surface area (TPSA) is 41.5 Å². The molecule has 1 aliphatic heterocycles. The normalized spacial score (nSPS) is 14.8. The molecule has 0 saturated carbocycles. The van der Waals surface area contributed by atoms with E-state index in [4.69, 9.17) is 0 Å². The minimum absolute atomic E-state index is 0.109. The van der Waals surface area contributed by atoms with Gasteiger partial charge in [0.05, 0.1) is 0 Å². The maximum Gasteiger partial charge on any atom is 0.220 e. The van der Waals surface area contributed by atoms with Gasteiger partial charge in [-0.1, -0.05) is 6.08 Å². The molecule has 0 aromatic heterocycles. The van der Waals surface area contributed by atoms with Gasteiger partial charge >= 0.3 is 0 Å². The fraction of sp³-hybridized carbons (Fsp3) is 0.600. The number of aliphatic imine (C=N–C) groups is 1. The molecule has 1 N–H and O–H groups in total. The van der Waals surface area contributed by atoms with E-state index in [9.17, 15) is 4.79 Å². The molecule has 3 nitrogen and oxygen atoms in total. The molecule has 0 aromatic rings. The highest BCUT2D eigenvalue weighted by atomic mass is 16.1. The molecule has 3 heteroatoms. The summed E-state index contributed by atoms with van der Waals surface area (Å²) in [6.45, 7) is 3.93. The number of hydrogen-bond donors (Lipinski definition) is 1. The molecule has 0 atom stereocenters. The zero-order chi connectivity index (χ0) is 9.68. The Kier molecular flexibility index (Phi) is 3.68. The van der Waals surface area contributed by atoms with Gasteiger partial charge in [0.2, 0.25) is 5.91 Å². The summed E-state index contributed by atoms with van der Waals surface area (Å²) in [4.78, 5) is 15.4. The Morgan fingerprint density at radius 3 is 3.00 bits per heavy atom. The third-order valence-corrected chi connectivity index (χ3v) is 1.77. The van der Waals surface area contributed by atoms with Gasteiger partial charge in [-0.25, -0.2) is 0 Å². The first-order valence-electron chi connectivity index (χ1n) is 4.69. The van der Waals surface area contributed by atoms with Crippen molar-refractivity contribution in [2.24, 2.45) is 4.99 Å². The number of carbonyl (C=O) groups excluding carboxylic acids is 1. The Hall–Kier alpha value is -1.12. The van der Waals surface area contributed by atoms with Crippen LogP contribution in [0.1, 0.15) is 33.1 Å². The van der Waals surface area contributed by atoms with Gasteiger partial charge in [0, 0.05) is 30.8 Å². The van der Waals surface area contributed by atoms with Crippen molar-refractivity contribution in [3.8, 4) is 0 Å². The third kappa shape index (κ3) is 3.87. The Bertz CT molecular complexity index is 241. The fourth-order valence-corrected chi connectivity index (χ4v) is 1.21. The standard InChI is InChI=1S/C10H16N2O/c1-8(2)12-10(13)6-5-9-4-3-7-11-9/h4,7-8H,3,5-6H2,1-2H3,(H,12,13). The molecule has 1 rings (SSSR count). The second kappa shape index (κ2) is 4.80. The summed E-state index contributed by atoms with van der Waals surface area (Å²) >= 11 is 0. The van der Waals surface area contributed by atoms with E-state index in [1.54, 1.807) is 0 Å². The van der Waals surface area contributed by atoms with Crippen molar-refractivity contribution in [1.82, 2.24) is 5.32 Å². The molecular weight excluding hydrogens is 164 g/mol. The highest BCUT2D eigenvalue weighted by molar-refractivity contribution is 5.76. The molecule has 1 heterocycles. The Labute approximate surface area is 78.9 Å². The van der Waals surface area contributed by atoms with Gasteiger partial charge in [0.1, 0.15) is 0 Å². The first-order chi connectivity index (χ1) is 6.18. The summed E-state index contributed by atoms with van der Waals surface area (Å²) in [5.41, 5.74) is 1.04. The van der Waals surface area contributed by atoms with Crippen LogP contribution in [-0.4, -0.2) is 18.2 Å². The number of hydrogen-bond acceptors (Lipinski definition) is 2. The van der Waals surface area contributed by atoms with Crippen LogP contribution in [-0.2, 0) is 4.79 Å². The van der Waals surface area contributed by atoms with Crippen LogP contribution in [0.25, 0.3) is 0 Å². The molecule has 1 amide bonds. The lowest BCUT2D eigenvalue weighted by Crippen LogP contribution is -2.29. The van der Waals surface area contributed by atoms with Crippen molar-refractivity contribution in [2.45, 2.75) is 39.2 Å². The quantitative estimate of drug-likeness (QED) is 0.702. The first-order valence-corrected chi connectivity index (χ1v) is 4.69. The summed E-state index contributed by atoms with van der Waals surface area (Å²) in [7, 11) is 0. The van der Waals surface area contributed by atoms with Crippen LogP contribution in [0.15, 0.2) is 16.8 Å². The average Bonchev–Trinajstić information content (AvgIpc) is 2.51. The van der Waals surface area contributed by atoms with Crippen molar-refractivity contribution in [3.05, 3.63) is 11.8 Å². The van der Waals surface area contributed by atoms with Crippen LogP contribution >= 0.6 is 0 Å². The lowest BCUT2D eigenvalue weighted by atomic mass is 10.2. The maximum absolute atomic E-state index is 11.2. The largest absolute Gasteiger partial charge is 0.354 e. The lowest BCUT2D eigenvalue weighted by molar-refractivity contribution is -0.121. The minimum atomic E-state index is 0.109. The number of rotatable bonds is 4. The highest BCUT2D eigenvalue weighted by Crippen LogP contribution is 2.11. The van der Waals surface area contributed by atoms with Gasteiger partial charge in [0.15, 0.2) is 0 Å². The monoisotopic (exact) mass is 180 g/mol. The first kappa shape index (κ1) is 9.96. The van der Waals surface area contributed by atoms with E-state index in [1.807, 2.05) is 20.1 Å². The van der Waals surface area contributed by atoms with Crippen LogP contribution in [0.4, 0.5) is 0 Å². The van der Waals surface area contributed by atoms with Crippen molar-refractivity contribution >= 4 is 12.1 Å². The van der Waals surface area contributed by atoms with Gasteiger partial charge in [0.25, 0.3) is 0 Å². The minimum Gasteiger partial charge on any atom is -0.354 e. The number of nitrogens with zero attached hydrogens (tertiary/aromatic N) is 1. The third-order valence-electron chi connectivity index (χ3n) is 1.77. The number of carbonyl (C=O) groups is 1. The van der Waals surface area contributed by atoms with Gasteiger partial charge in [-0.2, -0.15) is 0 Å². The smallest absolute Gasteiger partial charge is 0.220 e. The second-order valence-corrected chi connectivity index (χ2v) is 3.47. The van der Waals surface area contributed by atoms with Crippen molar-refractivity contribution in [2.75, 3.05) is 0 Å². The molecule has 0 bridgehead atoms. The van der Waals surface area contributed by atoms with Gasteiger partial charge in [-0.15, -0.1) is 0 Å². The number of amides is 1. The molecule has 0 radical (unpaired) electrons. The molecule has 0 aromatic carbocycles. The van der Waals surface area contributed by atoms with E-state index in [2.05, 4.69) is 16.4 Å². The average molecular weight is 180 g/mol. The van der Waals surface area contributed by atoms with Crippen molar-refractivity contribution < 1.29 is 4.79 Å². The Morgan fingerprint density at radius 2 is 2.46 bits per heavy atom. The van der Waals surface area contributed by atoms with E-state index < -0.39 is 0 Å². The van der Waals surface area contributed by atoms with Crippen molar-refractivity contribution in [3.63, 3.8) is 0 Å². The van der Waals surface area contributed by atoms with E-state index in [-0.39, 0.29) is 11.9 Å². The molecular formula is C10H16N2O. The van der Waals surface area contributed by atoms with Crippen LogP contribution in [0.5, 0.6) is 0 Å². The molecule has 13 heavy (non-hydrogen) atoms. The molecule has 0 fully saturated rings. The van der Waals surface area contributed by atoms with E-state index in [0.717, 1.165) is 18.5 Å². The van der Waals surface area contributed by atoms with Crippen LogP contribution < -0.4 is 5.32 Å². The summed E-state index contributed by atoms with van der Waals surface area (Å²) in [5, 5.41) is 2.85. The van der Waals surface area contributed by atoms with Gasteiger partial charge in [-0.3, -0.25) is 9.79 Å². The molecule has 0 spiro atoms. The fourth-order valence-electron chi connectivity index (χ4n) is 1.21. The Balaban J connectivity index is 2.18. The number of nitrogens with one attached hydrogen (secondary N) is 1. The summed E-state index contributed by atoms with van der Waals surface area (Å²) in [5.74, 6) is 0.109.